The molecule has 0 radical (unpaired) electrons. The van der Waals surface area contributed by atoms with Gasteiger partial charge in [-0.25, -0.2) is 4.98 Å². The number of rotatable bonds is 5. The van der Waals surface area contributed by atoms with Crippen molar-refractivity contribution in [3.8, 4) is 5.88 Å². The predicted octanol–water partition coefficient (Wildman–Crippen LogP) is 1.79. The molecule has 0 spiro atoms. The molecule has 5 heteroatoms. The van der Waals surface area contributed by atoms with Crippen molar-refractivity contribution in [2.45, 2.75) is 44.6 Å². The Morgan fingerprint density at radius 3 is 2.77 bits per heavy atom. The van der Waals surface area contributed by atoms with Crippen molar-refractivity contribution in [2.24, 2.45) is 5.92 Å². The fourth-order valence-corrected chi connectivity index (χ4v) is 3.25. The van der Waals surface area contributed by atoms with Crippen LogP contribution in [0.15, 0.2) is 18.2 Å². The van der Waals surface area contributed by atoms with Gasteiger partial charge in [0.05, 0.1) is 24.3 Å². The third kappa shape index (κ3) is 3.40. The average molecular weight is 304 g/mol. The minimum absolute atomic E-state index is 0.113. The summed E-state index contributed by atoms with van der Waals surface area (Å²) in [4.78, 5) is 18.6. The maximum absolute atomic E-state index is 12.4. The summed E-state index contributed by atoms with van der Waals surface area (Å²) in [5.41, 5.74) is 0.335. The second-order valence-electron chi connectivity index (χ2n) is 6.34. The van der Waals surface area contributed by atoms with Crippen LogP contribution in [0.25, 0.3) is 0 Å². The topological polar surface area (TPSA) is 62.7 Å². The summed E-state index contributed by atoms with van der Waals surface area (Å²) in [5, 5.41) is 10.2. The number of likely N-dealkylation sites (tertiary alicyclic amines) is 1. The molecule has 0 bridgehead atoms. The van der Waals surface area contributed by atoms with E-state index < -0.39 is 5.60 Å². The van der Waals surface area contributed by atoms with Crippen LogP contribution in [0.1, 0.15) is 38.3 Å². The zero-order valence-corrected chi connectivity index (χ0v) is 13.1. The Kier molecular flexibility index (Phi) is 4.34. The standard InChI is InChI=1S/C17H24N2O3/c1-2-22-15-5-3-4-14(18-15)12-16(20)19-10-6-13(7-11-19)17(21)8-9-17/h3-5,13,21H,2,6-12H2,1H3. The fourth-order valence-electron chi connectivity index (χ4n) is 3.25. The molecule has 1 N–H and O–H groups in total. The lowest BCUT2D eigenvalue weighted by Gasteiger charge is -2.34. The van der Waals surface area contributed by atoms with Crippen molar-refractivity contribution < 1.29 is 14.6 Å². The molecule has 1 aromatic rings. The van der Waals surface area contributed by atoms with Crippen LogP contribution >= 0.6 is 0 Å². The van der Waals surface area contributed by atoms with E-state index in [1.54, 1.807) is 6.07 Å². The summed E-state index contributed by atoms with van der Waals surface area (Å²) in [6.45, 7) is 3.98. The first-order chi connectivity index (χ1) is 10.6. The molecule has 1 aliphatic carbocycles. The van der Waals surface area contributed by atoms with Gasteiger partial charge in [-0.2, -0.15) is 0 Å². The first kappa shape index (κ1) is 15.3. The molecule has 1 aliphatic heterocycles. The van der Waals surface area contributed by atoms with Crippen molar-refractivity contribution in [1.82, 2.24) is 9.88 Å². The van der Waals surface area contributed by atoms with Gasteiger partial charge in [0, 0.05) is 19.2 Å². The van der Waals surface area contributed by atoms with Crippen LogP contribution < -0.4 is 4.74 Å². The van der Waals surface area contributed by atoms with Crippen LogP contribution in [0.4, 0.5) is 0 Å². The molecule has 1 saturated heterocycles. The number of piperidine rings is 1. The molecule has 0 atom stereocenters. The van der Waals surface area contributed by atoms with Gasteiger partial charge in [0.15, 0.2) is 0 Å². The van der Waals surface area contributed by atoms with Crippen LogP contribution in [-0.4, -0.2) is 46.2 Å². The summed E-state index contributed by atoms with van der Waals surface area (Å²) < 4.78 is 5.37. The molecule has 2 fully saturated rings. The second kappa shape index (κ2) is 6.24. The van der Waals surface area contributed by atoms with Gasteiger partial charge in [0.25, 0.3) is 0 Å². The van der Waals surface area contributed by atoms with Crippen molar-refractivity contribution in [1.29, 1.82) is 0 Å². The number of carbonyl (C=O) groups is 1. The second-order valence-corrected chi connectivity index (χ2v) is 6.34. The van der Waals surface area contributed by atoms with E-state index in [1.807, 2.05) is 24.0 Å². The summed E-state index contributed by atoms with van der Waals surface area (Å²) in [6, 6.07) is 5.54. The van der Waals surface area contributed by atoms with E-state index in [0.717, 1.165) is 44.5 Å². The lowest BCUT2D eigenvalue weighted by Crippen LogP contribution is -2.42. The van der Waals surface area contributed by atoms with Gasteiger partial charge >= 0.3 is 0 Å². The van der Waals surface area contributed by atoms with Gasteiger partial charge < -0.3 is 14.7 Å². The zero-order valence-electron chi connectivity index (χ0n) is 13.1. The third-order valence-electron chi connectivity index (χ3n) is 4.78. The maximum Gasteiger partial charge on any atom is 0.228 e. The van der Waals surface area contributed by atoms with Gasteiger partial charge in [-0.05, 0) is 44.6 Å². The maximum atomic E-state index is 12.4. The Morgan fingerprint density at radius 2 is 2.14 bits per heavy atom. The Bertz CT molecular complexity index is 534. The third-order valence-corrected chi connectivity index (χ3v) is 4.78. The predicted molar refractivity (Wildman–Crippen MR) is 82.6 cm³/mol. The van der Waals surface area contributed by atoms with Gasteiger partial charge in [-0.15, -0.1) is 0 Å². The minimum Gasteiger partial charge on any atom is -0.478 e. The van der Waals surface area contributed by atoms with E-state index in [1.165, 1.54) is 0 Å². The van der Waals surface area contributed by atoms with Crippen molar-refractivity contribution >= 4 is 5.91 Å². The van der Waals surface area contributed by atoms with Crippen LogP contribution in [0, 0.1) is 5.92 Å². The van der Waals surface area contributed by atoms with Gasteiger partial charge in [0.2, 0.25) is 11.8 Å². The van der Waals surface area contributed by atoms with Crippen LogP contribution in [0.3, 0.4) is 0 Å². The molecule has 22 heavy (non-hydrogen) atoms. The smallest absolute Gasteiger partial charge is 0.228 e. The molecule has 0 unspecified atom stereocenters. The quantitative estimate of drug-likeness (QED) is 0.901. The van der Waals surface area contributed by atoms with Crippen LogP contribution in [0.2, 0.25) is 0 Å². The zero-order chi connectivity index (χ0) is 15.6. The summed E-state index contributed by atoms with van der Waals surface area (Å²) >= 11 is 0. The minimum atomic E-state index is -0.414. The molecule has 1 amide bonds. The number of carbonyl (C=O) groups excluding carboxylic acids is 1. The summed E-state index contributed by atoms with van der Waals surface area (Å²) in [7, 11) is 0. The van der Waals surface area contributed by atoms with E-state index in [9.17, 15) is 9.90 Å². The van der Waals surface area contributed by atoms with Crippen molar-refractivity contribution in [3.63, 3.8) is 0 Å². The largest absolute Gasteiger partial charge is 0.478 e. The number of pyridine rings is 1. The Hall–Kier alpha value is -1.62. The number of ether oxygens (including phenoxy) is 1. The molecule has 120 valence electrons. The molecule has 1 aromatic heterocycles. The highest BCUT2D eigenvalue weighted by atomic mass is 16.5. The molecule has 2 heterocycles. The normalized spacial score (nSPS) is 20.7. The van der Waals surface area contributed by atoms with E-state index in [0.29, 0.717) is 24.8 Å². The molecular formula is C17H24N2O3. The summed E-state index contributed by atoms with van der Waals surface area (Å²) in [6.07, 6.45) is 4.00. The first-order valence-electron chi connectivity index (χ1n) is 8.19. The highest BCUT2D eigenvalue weighted by Gasteiger charge is 2.48. The average Bonchev–Trinajstić information content (AvgIpc) is 3.27. The monoisotopic (exact) mass is 304 g/mol. The highest BCUT2D eigenvalue weighted by molar-refractivity contribution is 5.78. The lowest BCUT2D eigenvalue weighted by atomic mass is 9.89. The summed E-state index contributed by atoms with van der Waals surface area (Å²) in [5.74, 6) is 1.06. The van der Waals surface area contributed by atoms with E-state index in [2.05, 4.69) is 4.98 Å². The molecule has 0 aromatic carbocycles. The number of hydrogen-bond donors (Lipinski definition) is 1. The number of nitrogens with zero attached hydrogens (tertiary/aromatic N) is 2. The Morgan fingerprint density at radius 1 is 1.41 bits per heavy atom. The molecule has 2 aliphatic rings. The van der Waals surface area contributed by atoms with Gasteiger partial charge in [-0.1, -0.05) is 6.07 Å². The lowest BCUT2D eigenvalue weighted by molar-refractivity contribution is -0.132. The number of aromatic nitrogens is 1. The fraction of sp³-hybridized carbons (Fsp3) is 0.647. The van der Waals surface area contributed by atoms with Crippen LogP contribution in [0.5, 0.6) is 5.88 Å². The van der Waals surface area contributed by atoms with E-state index in [-0.39, 0.29) is 5.91 Å². The van der Waals surface area contributed by atoms with E-state index in [4.69, 9.17) is 4.74 Å². The number of aliphatic hydroxyl groups is 1. The Balaban J connectivity index is 1.53. The first-order valence-corrected chi connectivity index (χ1v) is 8.19. The highest BCUT2D eigenvalue weighted by Crippen LogP contribution is 2.46. The Labute approximate surface area is 131 Å². The van der Waals surface area contributed by atoms with Crippen molar-refractivity contribution in [2.75, 3.05) is 19.7 Å². The molecule has 5 nitrogen and oxygen atoms in total. The number of amides is 1. The molecule has 3 rings (SSSR count). The van der Waals surface area contributed by atoms with Crippen LogP contribution in [-0.2, 0) is 11.2 Å². The SMILES string of the molecule is CCOc1cccc(CC(=O)N2CCC(C3(O)CC3)CC2)n1. The molecular weight excluding hydrogens is 280 g/mol. The van der Waals surface area contributed by atoms with Gasteiger partial charge in [-0.3, -0.25) is 4.79 Å². The number of hydrogen-bond acceptors (Lipinski definition) is 4. The van der Waals surface area contributed by atoms with Crippen molar-refractivity contribution in [3.05, 3.63) is 23.9 Å². The molecule has 1 saturated carbocycles. The van der Waals surface area contributed by atoms with E-state index >= 15 is 0 Å². The van der Waals surface area contributed by atoms with Gasteiger partial charge in [0.1, 0.15) is 0 Å².